The van der Waals surface area contributed by atoms with Crippen molar-refractivity contribution < 1.29 is 8.85 Å². The summed E-state index contributed by atoms with van der Waals surface area (Å²) < 4.78 is 10.7. The van der Waals surface area contributed by atoms with Gasteiger partial charge >= 0.3 is 9.28 Å². The first-order valence-corrected chi connectivity index (χ1v) is 7.33. The van der Waals surface area contributed by atoms with Gasteiger partial charge < -0.3 is 19.9 Å². The van der Waals surface area contributed by atoms with Crippen LogP contribution in [0.2, 0.25) is 5.54 Å². The number of nitrogens with one attached hydrogen (secondary N) is 1. The van der Waals surface area contributed by atoms with E-state index in [1.54, 1.807) is 14.2 Å². The third-order valence-electron chi connectivity index (χ3n) is 2.50. The monoisotopic (exact) mass is 234 g/mol. The molecule has 4 nitrogen and oxygen atoms in total. The molecule has 0 aliphatic carbocycles. The Morgan fingerprint density at radius 1 is 1.20 bits per heavy atom. The lowest BCUT2D eigenvalue weighted by atomic mass is 10.2. The number of hydrogen-bond acceptors (Lipinski definition) is 4. The second kappa shape index (κ2) is 10.6. The Morgan fingerprint density at radius 2 is 1.80 bits per heavy atom. The normalized spacial score (nSPS) is 13.4. The number of rotatable bonds is 10. The van der Waals surface area contributed by atoms with Gasteiger partial charge in [0.05, 0.1) is 0 Å². The fourth-order valence-electron chi connectivity index (χ4n) is 1.60. The molecule has 0 saturated heterocycles. The zero-order chi connectivity index (χ0) is 11.5. The third-order valence-corrected chi connectivity index (χ3v) is 4.69. The van der Waals surface area contributed by atoms with Crippen LogP contribution in [-0.2, 0) is 8.85 Å². The van der Waals surface area contributed by atoms with Gasteiger partial charge in [0.1, 0.15) is 0 Å². The standard InChI is InChI=1S/C10H26N2O2Si/c1-10(15(13-2)14-3)6-4-8-12-9-5-7-11/h10,12,15H,4-9,11H2,1-3H3. The first-order chi connectivity index (χ1) is 7.26. The van der Waals surface area contributed by atoms with Gasteiger partial charge in [-0.2, -0.15) is 0 Å². The van der Waals surface area contributed by atoms with E-state index in [2.05, 4.69) is 12.2 Å². The largest absolute Gasteiger partial charge is 0.400 e. The fourth-order valence-corrected chi connectivity index (χ4v) is 3.23. The van der Waals surface area contributed by atoms with Gasteiger partial charge in [-0.05, 0) is 44.4 Å². The Kier molecular flexibility index (Phi) is 10.6. The molecule has 0 saturated carbocycles. The molecule has 0 aromatic carbocycles. The minimum Gasteiger partial charge on any atom is -0.400 e. The van der Waals surface area contributed by atoms with Gasteiger partial charge in [0, 0.05) is 14.2 Å². The Bertz CT molecular complexity index is 135. The van der Waals surface area contributed by atoms with E-state index in [4.69, 9.17) is 14.6 Å². The van der Waals surface area contributed by atoms with E-state index >= 15 is 0 Å². The minimum absolute atomic E-state index is 0.580. The summed E-state index contributed by atoms with van der Waals surface area (Å²) in [7, 11) is 2.09. The maximum atomic E-state index is 5.40. The molecule has 1 atom stereocenters. The van der Waals surface area contributed by atoms with Gasteiger partial charge in [-0.15, -0.1) is 0 Å². The van der Waals surface area contributed by atoms with Crippen LogP contribution < -0.4 is 11.1 Å². The Labute approximate surface area is 95.4 Å². The maximum Gasteiger partial charge on any atom is 0.323 e. The molecule has 0 radical (unpaired) electrons. The van der Waals surface area contributed by atoms with Crippen molar-refractivity contribution >= 4 is 9.28 Å². The molecule has 0 aromatic heterocycles. The van der Waals surface area contributed by atoms with Crippen molar-refractivity contribution in [3.8, 4) is 0 Å². The van der Waals surface area contributed by atoms with E-state index in [1.165, 1.54) is 12.8 Å². The second-order valence-corrected chi connectivity index (χ2v) is 6.67. The van der Waals surface area contributed by atoms with Crippen molar-refractivity contribution in [2.75, 3.05) is 33.9 Å². The predicted molar refractivity (Wildman–Crippen MR) is 66.4 cm³/mol. The smallest absolute Gasteiger partial charge is 0.323 e. The summed E-state index contributed by atoms with van der Waals surface area (Å²) in [5.41, 5.74) is 5.98. The fraction of sp³-hybridized carbons (Fsp3) is 1.00. The van der Waals surface area contributed by atoms with Crippen LogP contribution in [0.15, 0.2) is 0 Å². The van der Waals surface area contributed by atoms with Crippen molar-refractivity contribution in [1.29, 1.82) is 0 Å². The molecular weight excluding hydrogens is 208 g/mol. The van der Waals surface area contributed by atoms with E-state index in [0.29, 0.717) is 5.54 Å². The number of hydrogen-bond donors (Lipinski definition) is 2. The highest BCUT2D eigenvalue weighted by Crippen LogP contribution is 2.16. The Balaban J connectivity index is 3.33. The molecule has 0 bridgehead atoms. The average Bonchev–Trinajstić information content (AvgIpc) is 2.25. The molecule has 0 aliphatic rings. The van der Waals surface area contributed by atoms with Crippen LogP contribution in [-0.4, -0.2) is 43.1 Å². The van der Waals surface area contributed by atoms with Gasteiger partial charge in [0.2, 0.25) is 0 Å². The minimum atomic E-state index is -1.40. The molecular formula is C10H26N2O2Si. The predicted octanol–water partition coefficient (Wildman–Crippen LogP) is 0.608. The summed E-state index contributed by atoms with van der Waals surface area (Å²) in [6.07, 6.45) is 3.42. The maximum absolute atomic E-state index is 5.40. The molecule has 0 amide bonds. The SMILES string of the molecule is CO[SiH](OC)C(C)CCCNCCCN. The summed E-state index contributed by atoms with van der Waals surface area (Å²) >= 11 is 0. The van der Waals surface area contributed by atoms with Gasteiger partial charge in [0.15, 0.2) is 0 Å². The summed E-state index contributed by atoms with van der Waals surface area (Å²) in [4.78, 5) is 0. The van der Waals surface area contributed by atoms with Crippen LogP contribution in [0, 0.1) is 0 Å². The van der Waals surface area contributed by atoms with Crippen LogP contribution in [0.5, 0.6) is 0 Å². The van der Waals surface area contributed by atoms with E-state index in [0.717, 1.165) is 26.1 Å². The third kappa shape index (κ3) is 7.93. The highest BCUT2D eigenvalue weighted by molar-refractivity contribution is 6.46. The second-order valence-electron chi connectivity index (χ2n) is 3.85. The summed E-state index contributed by atoms with van der Waals surface area (Å²) in [6, 6.07) is 0. The molecule has 0 fully saturated rings. The van der Waals surface area contributed by atoms with Crippen LogP contribution in [0.3, 0.4) is 0 Å². The van der Waals surface area contributed by atoms with Crippen molar-refractivity contribution in [3.63, 3.8) is 0 Å². The lowest BCUT2D eigenvalue weighted by Crippen LogP contribution is -2.26. The molecule has 0 heterocycles. The molecule has 0 rings (SSSR count). The van der Waals surface area contributed by atoms with Crippen LogP contribution in [0.4, 0.5) is 0 Å². The van der Waals surface area contributed by atoms with Crippen LogP contribution in [0.1, 0.15) is 26.2 Å². The van der Waals surface area contributed by atoms with Gasteiger partial charge in [0.25, 0.3) is 0 Å². The first-order valence-electron chi connectivity index (χ1n) is 5.72. The van der Waals surface area contributed by atoms with E-state index in [-0.39, 0.29) is 0 Å². The molecule has 5 heteroatoms. The van der Waals surface area contributed by atoms with Gasteiger partial charge in [-0.1, -0.05) is 6.92 Å². The van der Waals surface area contributed by atoms with Crippen molar-refractivity contribution in [3.05, 3.63) is 0 Å². The molecule has 0 aliphatic heterocycles. The highest BCUT2D eigenvalue weighted by Gasteiger charge is 2.18. The van der Waals surface area contributed by atoms with Gasteiger partial charge in [-0.3, -0.25) is 0 Å². The molecule has 0 aromatic rings. The van der Waals surface area contributed by atoms with Crippen molar-refractivity contribution in [1.82, 2.24) is 5.32 Å². The molecule has 92 valence electrons. The topological polar surface area (TPSA) is 56.5 Å². The van der Waals surface area contributed by atoms with E-state index in [1.807, 2.05) is 0 Å². The molecule has 15 heavy (non-hydrogen) atoms. The summed E-state index contributed by atoms with van der Waals surface area (Å²) in [5, 5.41) is 3.37. The molecule has 0 spiro atoms. The van der Waals surface area contributed by atoms with Crippen LogP contribution in [0.25, 0.3) is 0 Å². The zero-order valence-corrected chi connectivity index (χ0v) is 11.4. The average molecular weight is 234 g/mol. The lowest BCUT2D eigenvalue weighted by Gasteiger charge is -2.18. The van der Waals surface area contributed by atoms with E-state index < -0.39 is 9.28 Å². The summed E-state index contributed by atoms with van der Waals surface area (Å²) in [6.45, 7) is 5.08. The Morgan fingerprint density at radius 3 is 2.33 bits per heavy atom. The quantitative estimate of drug-likeness (QED) is 0.429. The molecule has 1 unspecified atom stereocenters. The summed E-state index contributed by atoms with van der Waals surface area (Å²) in [5.74, 6) is 0. The highest BCUT2D eigenvalue weighted by atomic mass is 28.3. The Hall–Kier alpha value is 0.0569. The van der Waals surface area contributed by atoms with Crippen molar-refractivity contribution in [2.24, 2.45) is 5.73 Å². The van der Waals surface area contributed by atoms with Crippen molar-refractivity contribution in [2.45, 2.75) is 31.7 Å². The lowest BCUT2D eigenvalue weighted by molar-refractivity contribution is 0.264. The van der Waals surface area contributed by atoms with E-state index in [9.17, 15) is 0 Å². The van der Waals surface area contributed by atoms with Crippen LogP contribution >= 0.6 is 0 Å². The number of nitrogens with two attached hydrogens (primary N) is 1. The first kappa shape index (κ1) is 15.1. The molecule has 3 N–H and O–H groups in total. The van der Waals surface area contributed by atoms with Gasteiger partial charge in [-0.25, -0.2) is 0 Å². The zero-order valence-electron chi connectivity index (χ0n) is 10.3.